The van der Waals surface area contributed by atoms with Gasteiger partial charge in [0.1, 0.15) is 38.1 Å². The van der Waals surface area contributed by atoms with Crippen molar-refractivity contribution in [3.63, 3.8) is 0 Å². The molecular formula is C9H19N3O14. The van der Waals surface area contributed by atoms with Crippen molar-refractivity contribution in [2.24, 2.45) is 0 Å². The van der Waals surface area contributed by atoms with Crippen molar-refractivity contribution in [1.29, 1.82) is 0 Å². The number of ether oxygens (including phenoxy) is 1. The molecule has 1 saturated heterocycles. The van der Waals surface area contributed by atoms with Gasteiger partial charge in [0.05, 0.1) is 19.8 Å². The van der Waals surface area contributed by atoms with Crippen LogP contribution in [0.5, 0.6) is 0 Å². The van der Waals surface area contributed by atoms with E-state index in [1.165, 1.54) is 0 Å². The SMILES string of the molecule is O=[N+]([O-])OCC(O)CO[N+](=O)[O-].O=[N+]([O-])OCC1CO1.OCC(O)CO. The molecule has 0 aromatic rings. The van der Waals surface area contributed by atoms with E-state index >= 15 is 0 Å². The lowest BCUT2D eigenvalue weighted by atomic mass is 10.4. The Morgan fingerprint density at radius 2 is 1.27 bits per heavy atom. The zero-order chi connectivity index (χ0) is 20.5. The van der Waals surface area contributed by atoms with Crippen LogP contribution in [0, 0.1) is 30.3 Å². The highest BCUT2D eigenvalue weighted by Gasteiger charge is 2.23. The number of hydrogen-bond donors (Lipinski definition) is 4. The molecule has 0 saturated carbocycles. The van der Waals surface area contributed by atoms with Crippen molar-refractivity contribution < 1.29 is 54.9 Å². The van der Waals surface area contributed by atoms with Crippen LogP contribution in [0.25, 0.3) is 0 Å². The summed E-state index contributed by atoms with van der Waals surface area (Å²) in [6.45, 7) is -1.37. The van der Waals surface area contributed by atoms with Gasteiger partial charge in [0.25, 0.3) is 15.3 Å². The van der Waals surface area contributed by atoms with Gasteiger partial charge in [-0.1, -0.05) is 0 Å². The number of rotatable bonds is 11. The topological polar surface area (TPSA) is 251 Å². The Bertz CT molecular complexity index is 383. The Labute approximate surface area is 144 Å². The monoisotopic (exact) mass is 393 g/mol. The lowest BCUT2D eigenvalue weighted by molar-refractivity contribution is -0.768. The second-order valence-corrected chi connectivity index (χ2v) is 4.19. The normalized spacial score (nSPS) is 14.3. The molecule has 0 aliphatic carbocycles. The molecule has 1 atom stereocenters. The fraction of sp³-hybridized carbons (Fsp3) is 1.00. The maximum Gasteiger partial charge on any atom is 0.294 e. The highest BCUT2D eigenvalue weighted by atomic mass is 17.0. The van der Waals surface area contributed by atoms with E-state index in [4.69, 9.17) is 20.4 Å². The summed E-state index contributed by atoms with van der Waals surface area (Å²) in [5, 5.41) is 58.2. The second-order valence-electron chi connectivity index (χ2n) is 4.19. The zero-order valence-corrected chi connectivity index (χ0v) is 13.2. The van der Waals surface area contributed by atoms with Gasteiger partial charge in [0.2, 0.25) is 0 Å². The molecule has 0 radical (unpaired) electrons. The maximum atomic E-state index is 9.54. The van der Waals surface area contributed by atoms with E-state index in [0.29, 0.717) is 6.61 Å². The van der Waals surface area contributed by atoms with Crippen LogP contribution in [0.15, 0.2) is 0 Å². The summed E-state index contributed by atoms with van der Waals surface area (Å²) >= 11 is 0. The third-order valence-corrected chi connectivity index (χ3v) is 1.93. The van der Waals surface area contributed by atoms with Gasteiger partial charge in [-0.25, -0.2) is 0 Å². The molecule has 4 N–H and O–H groups in total. The van der Waals surface area contributed by atoms with Crippen LogP contribution in [-0.2, 0) is 19.2 Å². The van der Waals surface area contributed by atoms with Crippen LogP contribution >= 0.6 is 0 Å². The summed E-state index contributed by atoms with van der Waals surface area (Å²) < 4.78 is 4.63. The van der Waals surface area contributed by atoms with Crippen molar-refractivity contribution in [1.82, 2.24) is 0 Å². The Morgan fingerprint density at radius 1 is 0.885 bits per heavy atom. The van der Waals surface area contributed by atoms with Crippen molar-refractivity contribution in [3.8, 4) is 0 Å². The first-order chi connectivity index (χ1) is 12.1. The fourth-order valence-electron chi connectivity index (χ4n) is 0.708. The highest BCUT2D eigenvalue weighted by molar-refractivity contribution is 4.65. The molecule has 17 heteroatoms. The molecule has 0 aromatic heterocycles. The number of nitrogens with zero attached hydrogens (tertiary/aromatic N) is 3. The van der Waals surface area contributed by atoms with E-state index in [-0.39, 0.29) is 25.9 Å². The van der Waals surface area contributed by atoms with E-state index in [0.717, 1.165) is 0 Å². The smallest absolute Gasteiger partial charge is 0.294 e. The second kappa shape index (κ2) is 15.9. The van der Waals surface area contributed by atoms with Crippen molar-refractivity contribution in [2.75, 3.05) is 39.6 Å². The maximum absolute atomic E-state index is 9.54. The van der Waals surface area contributed by atoms with Gasteiger partial charge in [-0.05, 0) is 0 Å². The minimum Gasteiger partial charge on any atom is -0.394 e. The summed E-state index contributed by atoms with van der Waals surface area (Å²) in [5.74, 6) is 0. The van der Waals surface area contributed by atoms with Gasteiger partial charge < -0.3 is 39.7 Å². The van der Waals surface area contributed by atoms with Crippen LogP contribution in [0.2, 0.25) is 0 Å². The van der Waals surface area contributed by atoms with E-state index < -0.39 is 40.7 Å². The predicted molar refractivity (Wildman–Crippen MR) is 74.8 cm³/mol. The summed E-state index contributed by atoms with van der Waals surface area (Å²) in [5.41, 5.74) is 0. The molecule has 154 valence electrons. The third kappa shape index (κ3) is 23.7. The van der Waals surface area contributed by atoms with E-state index in [1.54, 1.807) is 0 Å². The molecular weight excluding hydrogens is 374 g/mol. The first kappa shape index (κ1) is 25.6. The molecule has 0 amide bonds. The molecule has 1 rings (SSSR count). The van der Waals surface area contributed by atoms with Crippen LogP contribution in [-0.4, -0.2) is 93.6 Å². The van der Waals surface area contributed by atoms with Crippen LogP contribution in [0.1, 0.15) is 0 Å². The molecule has 1 heterocycles. The van der Waals surface area contributed by atoms with Crippen LogP contribution in [0.4, 0.5) is 0 Å². The summed E-state index contributed by atoms with van der Waals surface area (Å²) in [4.78, 5) is 39.9. The molecule has 1 fully saturated rings. The first-order valence-corrected chi connectivity index (χ1v) is 6.63. The molecule has 0 spiro atoms. The van der Waals surface area contributed by atoms with Gasteiger partial charge in [0, 0.05) is 0 Å². The zero-order valence-electron chi connectivity index (χ0n) is 13.2. The molecule has 0 aromatic carbocycles. The standard InChI is InChI=1S/C3H6N2O7.C3H5NO4.C3H8O3/c6-3(1-11-4(7)8)2-12-5(9)10;5-4(6)8-2-3-1-7-3;4-1-3(6)2-5/h3,6H,1-2H2;3H,1-2H2;3-6H,1-2H2. The van der Waals surface area contributed by atoms with Gasteiger partial charge in [0.15, 0.2) is 0 Å². The Morgan fingerprint density at radius 3 is 1.50 bits per heavy atom. The summed E-state index contributed by atoms with van der Waals surface area (Å²) in [6.07, 6.45) is -2.37. The molecule has 0 bridgehead atoms. The van der Waals surface area contributed by atoms with Crippen LogP contribution in [0.3, 0.4) is 0 Å². The van der Waals surface area contributed by atoms with Gasteiger partial charge in [-0.15, -0.1) is 30.3 Å². The molecule has 26 heavy (non-hydrogen) atoms. The van der Waals surface area contributed by atoms with Gasteiger partial charge >= 0.3 is 0 Å². The third-order valence-electron chi connectivity index (χ3n) is 1.93. The van der Waals surface area contributed by atoms with Crippen molar-refractivity contribution in [3.05, 3.63) is 30.3 Å². The number of epoxide rings is 1. The fourth-order valence-corrected chi connectivity index (χ4v) is 0.708. The average molecular weight is 393 g/mol. The summed E-state index contributed by atoms with van der Waals surface area (Å²) in [6, 6.07) is 0. The van der Waals surface area contributed by atoms with E-state index in [1.807, 2.05) is 0 Å². The highest BCUT2D eigenvalue weighted by Crippen LogP contribution is 2.07. The minimum absolute atomic E-state index is 0.0274. The predicted octanol–water partition coefficient (Wildman–Crippen LogP) is -3.31. The number of hydrogen-bond acceptors (Lipinski definition) is 14. The lowest BCUT2D eigenvalue weighted by Crippen LogP contribution is -2.24. The number of aliphatic hydroxyl groups excluding tert-OH is 4. The summed E-state index contributed by atoms with van der Waals surface area (Å²) in [7, 11) is 0. The first-order valence-electron chi connectivity index (χ1n) is 6.63. The van der Waals surface area contributed by atoms with Gasteiger partial charge in [-0.2, -0.15) is 0 Å². The van der Waals surface area contributed by atoms with Crippen molar-refractivity contribution in [2.45, 2.75) is 18.3 Å². The average Bonchev–Trinajstić information content (AvgIpc) is 3.41. The van der Waals surface area contributed by atoms with Crippen molar-refractivity contribution >= 4 is 0 Å². The minimum atomic E-state index is -1.39. The molecule has 1 aliphatic heterocycles. The Hall–Kier alpha value is -2.60. The molecule has 1 aliphatic rings. The van der Waals surface area contributed by atoms with Gasteiger partial charge in [-0.3, -0.25) is 0 Å². The quantitative estimate of drug-likeness (QED) is 0.152. The lowest BCUT2D eigenvalue weighted by Gasteiger charge is -2.06. The van der Waals surface area contributed by atoms with E-state index in [9.17, 15) is 30.3 Å². The molecule has 1 unspecified atom stereocenters. The Kier molecular flexibility index (Phi) is 15.7. The number of aliphatic hydroxyl groups is 4. The Balaban J connectivity index is 0. The van der Waals surface area contributed by atoms with Crippen LogP contribution < -0.4 is 0 Å². The molecule has 17 nitrogen and oxygen atoms in total. The van der Waals surface area contributed by atoms with E-state index in [2.05, 4.69) is 19.2 Å². The largest absolute Gasteiger partial charge is 0.394 e.